The van der Waals surface area contributed by atoms with E-state index in [9.17, 15) is 14.4 Å². The molecule has 0 aromatic heterocycles. The molecule has 0 saturated carbocycles. The van der Waals surface area contributed by atoms with Gasteiger partial charge in [0.15, 0.2) is 0 Å². The monoisotopic (exact) mass is 348 g/mol. The molecule has 24 heavy (non-hydrogen) atoms. The Hall–Kier alpha value is -2.07. The maximum Gasteiger partial charge on any atom is 0.410 e. The van der Waals surface area contributed by atoms with Crippen LogP contribution in [-0.2, 0) is 19.1 Å². The maximum absolute atomic E-state index is 12.2. The number of carbonyl (C=O) groups is 3. The fourth-order valence-corrected chi connectivity index (χ4v) is 1.61. The van der Waals surface area contributed by atoms with Crippen molar-refractivity contribution in [3.05, 3.63) is 0 Å². The molecule has 0 bridgehead atoms. The van der Waals surface area contributed by atoms with Crippen molar-refractivity contribution in [2.75, 3.05) is 39.9 Å². The number of carbonyl (C=O) groups excluding carboxylic acids is 3. The molecule has 0 fully saturated rings. The second-order valence-electron chi connectivity index (χ2n) is 5.90. The predicted molar refractivity (Wildman–Crippen MR) is 86.0 cm³/mol. The van der Waals surface area contributed by atoms with E-state index >= 15 is 0 Å². The van der Waals surface area contributed by atoms with Gasteiger partial charge in [0.1, 0.15) is 12.2 Å². The molecule has 0 atom stereocenters. The lowest BCUT2D eigenvalue weighted by molar-refractivity contribution is -0.125. The molecule has 10 heteroatoms. The van der Waals surface area contributed by atoms with Crippen molar-refractivity contribution in [2.45, 2.75) is 32.8 Å². The molecule has 0 aliphatic rings. The number of nitrogens with zero attached hydrogens (tertiary/aromatic N) is 1. The lowest BCUT2D eigenvalue weighted by atomic mass is 10.2. The molecular weight excluding hydrogens is 320 g/mol. The molecule has 0 saturated heterocycles. The van der Waals surface area contributed by atoms with Gasteiger partial charge in [-0.15, -0.1) is 0 Å². The lowest BCUT2D eigenvalue weighted by Gasteiger charge is -2.27. The van der Waals surface area contributed by atoms with Crippen molar-refractivity contribution in [2.24, 2.45) is 5.90 Å². The van der Waals surface area contributed by atoms with Gasteiger partial charge in [0, 0.05) is 26.2 Å². The highest BCUT2D eigenvalue weighted by Crippen LogP contribution is 2.10. The number of nitrogens with two attached hydrogens (primary N) is 1. The van der Waals surface area contributed by atoms with Crippen molar-refractivity contribution >= 4 is 18.1 Å². The lowest BCUT2D eigenvalue weighted by Crippen LogP contribution is -2.42. The van der Waals surface area contributed by atoms with Crippen molar-refractivity contribution in [1.29, 1.82) is 0 Å². The topological polar surface area (TPSA) is 132 Å². The van der Waals surface area contributed by atoms with E-state index in [4.69, 9.17) is 10.6 Å². The number of amides is 3. The number of methoxy groups -OCH3 is 1. The van der Waals surface area contributed by atoms with Crippen LogP contribution in [0.3, 0.4) is 0 Å². The largest absolute Gasteiger partial charge is 0.453 e. The smallest absolute Gasteiger partial charge is 0.410 e. The van der Waals surface area contributed by atoms with Crippen LogP contribution in [0.4, 0.5) is 9.59 Å². The van der Waals surface area contributed by atoms with Gasteiger partial charge in [-0.2, -0.15) is 0 Å². The van der Waals surface area contributed by atoms with Crippen LogP contribution in [0.25, 0.3) is 0 Å². The van der Waals surface area contributed by atoms with Crippen molar-refractivity contribution in [3.63, 3.8) is 0 Å². The highest BCUT2D eigenvalue weighted by molar-refractivity contribution is 5.77. The highest BCUT2D eigenvalue weighted by atomic mass is 16.6. The summed E-state index contributed by atoms with van der Waals surface area (Å²) in [4.78, 5) is 40.1. The summed E-state index contributed by atoms with van der Waals surface area (Å²) in [5.41, 5.74) is -0.627. The third-order valence-corrected chi connectivity index (χ3v) is 2.63. The molecule has 4 N–H and O–H groups in total. The summed E-state index contributed by atoms with van der Waals surface area (Å²) in [5, 5.41) is 5.09. The third kappa shape index (κ3) is 11.5. The van der Waals surface area contributed by atoms with Gasteiger partial charge in [0.2, 0.25) is 5.91 Å². The van der Waals surface area contributed by atoms with E-state index < -0.39 is 17.8 Å². The molecule has 0 aromatic rings. The molecule has 10 nitrogen and oxygen atoms in total. The average molecular weight is 348 g/mol. The normalized spacial score (nSPS) is 10.7. The molecule has 0 aliphatic carbocycles. The van der Waals surface area contributed by atoms with E-state index in [2.05, 4.69) is 20.2 Å². The zero-order valence-electron chi connectivity index (χ0n) is 14.7. The van der Waals surface area contributed by atoms with Crippen molar-refractivity contribution in [3.8, 4) is 0 Å². The summed E-state index contributed by atoms with van der Waals surface area (Å²) in [6.45, 7) is 6.25. The van der Waals surface area contributed by atoms with E-state index in [0.29, 0.717) is 19.5 Å². The van der Waals surface area contributed by atoms with E-state index in [0.717, 1.165) is 0 Å². The van der Waals surface area contributed by atoms with Gasteiger partial charge in [-0.3, -0.25) is 9.63 Å². The Morgan fingerprint density at radius 1 is 1.08 bits per heavy atom. The fourth-order valence-electron chi connectivity index (χ4n) is 1.61. The highest BCUT2D eigenvalue weighted by Gasteiger charge is 2.21. The maximum atomic E-state index is 12.2. The van der Waals surface area contributed by atoms with Crippen LogP contribution < -0.4 is 16.5 Å². The van der Waals surface area contributed by atoms with E-state index in [1.807, 2.05) is 0 Å². The third-order valence-electron chi connectivity index (χ3n) is 2.63. The molecule has 140 valence electrons. The molecule has 0 rings (SSSR count). The number of alkyl carbamates (subject to hydrolysis) is 1. The second-order valence-corrected chi connectivity index (χ2v) is 5.90. The van der Waals surface area contributed by atoms with Gasteiger partial charge in [-0.1, -0.05) is 0 Å². The van der Waals surface area contributed by atoms with Crippen LogP contribution in [-0.4, -0.2) is 68.5 Å². The molecule has 0 heterocycles. The molecule has 0 unspecified atom stereocenters. The first-order valence-electron chi connectivity index (χ1n) is 7.57. The zero-order valence-corrected chi connectivity index (χ0v) is 14.7. The van der Waals surface area contributed by atoms with Crippen LogP contribution >= 0.6 is 0 Å². The van der Waals surface area contributed by atoms with E-state index in [1.165, 1.54) is 12.0 Å². The first-order valence-corrected chi connectivity index (χ1v) is 7.57. The molecular formula is C14H28N4O6. The van der Waals surface area contributed by atoms with Gasteiger partial charge in [0.25, 0.3) is 0 Å². The second kappa shape index (κ2) is 11.5. The molecule has 0 aromatic carbocycles. The summed E-state index contributed by atoms with van der Waals surface area (Å²) in [7, 11) is 1.26. The van der Waals surface area contributed by atoms with Crippen LogP contribution in [0.1, 0.15) is 27.2 Å². The molecule has 3 amide bonds. The fraction of sp³-hybridized carbons (Fsp3) is 0.786. The first-order chi connectivity index (χ1) is 11.2. The van der Waals surface area contributed by atoms with Gasteiger partial charge < -0.3 is 25.0 Å². The molecule has 0 radical (unpaired) electrons. The average Bonchev–Trinajstić information content (AvgIpc) is 2.47. The summed E-state index contributed by atoms with van der Waals surface area (Å²) in [6.07, 6.45) is -0.563. The Morgan fingerprint density at radius 2 is 1.75 bits per heavy atom. The standard InChI is InChI=1S/C14H28N4O6/c1-14(2,3)24-13(21)18(9-7-17-12(20)22-4)8-5-6-16-11(19)10-23-15/h5-10,15H2,1-4H3,(H,16,19)(H,17,20). The number of hydrogen-bond donors (Lipinski definition) is 3. The van der Waals surface area contributed by atoms with E-state index in [-0.39, 0.29) is 25.6 Å². The quantitative estimate of drug-likeness (QED) is 0.394. The Kier molecular flexibility index (Phi) is 10.5. The number of nitrogens with one attached hydrogen (secondary N) is 2. The van der Waals surface area contributed by atoms with Crippen LogP contribution in [0.2, 0.25) is 0 Å². The van der Waals surface area contributed by atoms with Gasteiger partial charge >= 0.3 is 12.2 Å². The summed E-state index contributed by atoms with van der Waals surface area (Å²) >= 11 is 0. The Labute approximate surface area is 141 Å². The van der Waals surface area contributed by atoms with Gasteiger partial charge in [0.05, 0.1) is 7.11 Å². The minimum Gasteiger partial charge on any atom is -0.453 e. The Morgan fingerprint density at radius 3 is 2.29 bits per heavy atom. The molecule has 0 aliphatic heterocycles. The van der Waals surface area contributed by atoms with Crippen LogP contribution in [0.15, 0.2) is 0 Å². The van der Waals surface area contributed by atoms with Crippen molar-refractivity contribution < 1.29 is 28.7 Å². The summed E-state index contributed by atoms with van der Waals surface area (Å²) < 4.78 is 9.79. The first kappa shape index (κ1) is 21.9. The predicted octanol–water partition coefficient (Wildman–Crippen LogP) is -0.0239. The molecule has 0 spiro atoms. The minimum absolute atomic E-state index is 0.222. The Bertz CT molecular complexity index is 411. The van der Waals surface area contributed by atoms with Crippen molar-refractivity contribution in [1.82, 2.24) is 15.5 Å². The SMILES string of the molecule is COC(=O)NCCN(CCCNC(=O)CON)C(=O)OC(C)(C)C. The van der Waals surface area contributed by atoms with E-state index in [1.54, 1.807) is 20.8 Å². The van der Waals surface area contributed by atoms with Crippen LogP contribution in [0, 0.1) is 0 Å². The number of ether oxygens (including phenoxy) is 2. The Balaban J connectivity index is 4.38. The number of hydrogen-bond acceptors (Lipinski definition) is 7. The minimum atomic E-state index is -0.627. The van der Waals surface area contributed by atoms with Gasteiger partial charge in [-0.25, -0.2) is 15.5 Å². The van der Waals surface area contributed by atoms with Gasteiger partial charge in [-0.05, 0) is 27.2 Å². The van der Waals surface area contributed by atoms with Crippen LogP contribution in [0.5, 0.6) is 0 Å². The number of rotatable bonds is 9. The summed E-state index contributed by atoms with van der Waals surface area (Å²) in [5.74, 6) is 4.46. The summed E-state index contributed by atoms with van der Waals surface area (Å²) in [6, 6.07) is 0. The zero-order chi connectivity index (χ0) is 18.6.